The summed E-state index contributed by atoms with van der Waals surface area (Å²) in [5.41, 5.74) is 2.67. The van der Waals surface area contributed by atoms with Crippen LogP contribution in [0, 0.1) is 0 Å². The van der Waals surface area contributed by atoms with Gasteiger partial charge in [0.1, 0.15) is 0 Å². The van der Waals surface area contributed by atoms with Crippen molar-refractivity contribution in [2.75, 3.05) is 14.1 Å². The second kappa shape index (κ2) is 4.60. The normalized spacial score (nSPS) is 10.9. The van der Waals surface area contributed by atoms with E-state index in [0.717, 1.165) is 6.54 Å². The zero-order chi connectivity index (χ0) is 10.7. The zero-order valence-corrected chi connectivity index (χ0v) is 9.92. The van der Waals surface area contributed by atoms with Crippen LogP contribution in [0.1, 0.15) is 5.56 Å². The van der Waals surface area contributed by atoms with E-state index in [0.29, 0.717) is 0 Å². The third-order valence-electron chi connectivity index (χ3n) is 2.26. The van der Waals surface area contributed by atoms with Gasteiger partial charge in [-0.25, -0.2) is 0 Å². The van der Waals surface area contributed by atoms with E-state index in [-0.39, 0.29) is 0 Å². The fourth-order valence-electron chi connectivity index (χ4n) is 1.58. The Bertz CT molecular complexity index is 401. The molecule has 0 aliphatic rings. The first kappa shape index (κ1) is 10.4. The highest BCUT2D eigenvalue weighted by Crippen LogP contribution is 2.24. The van der Waals surface area contributed by atoms with Crippen molar-refractivity contribution in [3.05, 3.63) is 47.3 Å². The molecule has 0 amide bonds. The molecule has 0 atom stereocenters. The molecule has 78 valence electrons. The average molecular weight is 217 g/mol. The lowest BCUT2D eigenvalue weighted by molar-refractivity contribution is 0.402. The van der Waals surface area contributed by atoms with Gasteiger partial charge in [0.15, 0.2) is 0 Å². The molecular weight excluding hydrogens is 202 g/mol. The number of nitrogens with zero attached hydrogens (tertiary/aromatic N) is 1. The molecule has 2 aromatic rings. The first-order chi connectivity index (χ1) is 7.25. The number of hydrogen-bond acceptors (Lipinski definition) is 2. The van der Waals surface area contributed by atoms with Gasteiger partial charge in [-0.1, -0.05) is 30.3 Å². The van der Waals surface area contributed by atoms with Gasteiger partial charge in [0.25, 0.3) is 0 Å². The first-order valence-electron chi connectivity index (χ1n) is 5.03. The maximum atomic E-state index is 2.20. The van der Waals surface area contributed by atoms with Gasteiger partial charge in [-0.05, 0) is 36.7 Å². The van der Waals surface area contributed by atoms with Gasteiger partial charge < -0.3 is 4.90 Å². The van der Waals surface area contributed by atoms with Crippen molar-refractivity contribution >= 4 is 11.3 Å². The molecule has 0 unspecified atom stereocenters. The van der Waals surface area contributed by atoms with Gasteiger partial charge in [0.05, 0.1) is 0 Å². The monoisotopic (exact) mass is 217 g/mol. The predicted molar refractivity (Wildman–Crippen MR) is 67.1 cm³/mol. The maximum Gasteiger partial charge on any atom is 0.0342 e. The topological polar surface area (TPSA) is 3.24 Å². The summed E-state index contributed by atoms with van der Waals surface area (Å²) >= 11 is 1.79. The van der Waals surface area contributed by atoms with E-state index in [1.165, 1.54) is 16.0 Å². The predicted octanol–water partition coefficient (Wildman–Crippen LogP) is 3.48. The summed E-state index contributed by atoms with van der Waals surface area (Å²) in [6.45, 7) is 1.00. The van der Waals surface area contributed by atoms with Crippen molar-refractivity contribution in [1.82, 2.24) is 4.90 Å². The molecule has 0 aliphatic carbocycles. The van der Waals surface area contributed by atoms with Crippen LogP contribution in [0.25, 0.3) is 10.4 Å². The molecule has 0 fully saturated rings. The molecular formula is C13H15NS. The molecule has 0 N–H and O–H groups in total. The van der Waals surface area contributed by atoms with Crippen molar-refractivity contribution in [2.24, 2.45) is 0 Å². The quantitative estimate of drug-likeness (QED) is 0.761. The van der Waals surface area contributed by atoms with Crippen LogP contribution in [0.2, 0.25) is 0 Å². The second-order valence-electron chi connectivity index (χ2n) is 3.91. The van der Waals surface area contributed by atoms with Crippen LogP contribution < -0.4 is 0 Å². The largest absolute Gasteiger partial charge is 0.305 e. The van der Waals surface area contributed by atoms with Gasteiger partial charge in [0.2, 0.25) is 0 Å². The van der Waals surface area contributed by atoms with Crippen LogP contribution >= 0.6 is 11.3 Å². The molecule has 0 spiro atoms. The zero-order valence-electron chi connectivity index (χ0n) is 9.10. The van der Waals surface area contributed by atoms with Crippen molar-refractivity contribution in [1.29, 1.82) is 0 Å². The number of hydrogen-bond donors (Lipinski definition) is 0. The Labute approximate surface area is 95.0 Å². The summed E-state index contributed by atoms with van der Waals surface area (Å²) in [6.07, 6.45) is 0. The van der Waals surface area contributed by atoms with Gasteiger partial charge >= 0.3 is 0 Å². The van der Waals surface area contributed by atoms with E-state index in [9.17, 15) is 0 Å². The molecule has 1 aromatic carbocycles. The lowest BCUT2D eigenvalue weighted by atomic mass is 10.1. The van der Waals surface area contributed by atoms with Gasteiger partial charge in [-0.3, -0.25) is 0 Å². The highest BCUT2D eigenvalue weighted by molar-refractivity contribution is 7.13. The minimum absolute atomic E-state index is 1.00. The van der Waals surface area contributed by atoms with Gasteiger partial charge in [-0.2, -0.15) is 0 Å². The van der Waals surface area contributed by atoms with Crippen LogP contribution in [-0.4, -0.2) is 19.0 Å². The summed E-state index contributed by atoms with van der Waals surface area (Å²) in [7, 11) is 4.18. The van der Waals surface area contributed by atoms with Gasteiger partial charge in [-0.15, -0.1) is 11.3 Å². The van der Waals surface area contributed by atoms with Crippen molar-refractivity contribution < 1.29 is 0 Å². The SMILES string of the molecule is CN(C)Cc1ccc(-c2cccs2)cc1. The third kappa shape index (κ3) is 2.67. The van der Waals surface area contributed by atoms with Crippen molar-refractivity contribution in [2.45, 2.75) is 6.54 Å². The van der Waals surface area contributed by atoms with Crippen molar-refractivity contribution in [3.63, 3.8) is 0 Å². The molecule has 1 aromatic heterocycles. The molecule has 0 saturated heterocycles. The van der Waals surface area contributed by atoms with Crippen LogP contribution in [0.15, 0.2) is 41.8 Å². The number of thiophene rings is 1. The molecule has 2 heteroatoms. The summed E-state index contributed by atoms with van der Waals surface area (Å²) in [4.78, 5) is 3.52. The highest BCUT2D eigenvalue weighted by atomic mass is 32.1. The molecule has 1 nitrogen and oxygen atoms in total. The Morgan fingerprint density at radius 3 is 2.33 bits per heavy atom. The smallest absolute Gasteiger partial charge is 0.0342 e. The molecule has 0 bridgehead atoms. The van der Waals surface area contributed by atoms with E-state index in [1.54, 1.807) is 11.3 Å². The van der Waals surface area contributed by atoms with Crippen LogP contribution in [0.4, 0.5) is 0 Å². The molecule has 1 heterocycles. The van der Waals surface area contributed by atoms with Crippen molar-refractivity contribution in [3.8, 4) is 10.4 Å². The first-order valence-corrected chi connectivity index (χ1v) is 5.91. The Hall–Kier alpha value is -1.12. The van der Waals surface area contributed by atoms with Crippen LogP contribution in [0.3, 0.4) is 0 Å². The maximum absolute atomic E-state index is 2.20. The van der Waals surface area contributed by atoms with E-state index in [2.05, 4.69) is 60.8 Å². The Morgan fingerprint density at radius 2 is 1.80 bits per heavy atom. The molecule has 2 rings (SSSR count). The number of benzene rings is 1. The Balaban J connectivity index is 2.17. The Kier molecular flexibility index (Phi) is 3.19. The second-order valence-corrected chi connectivity index (χ2v) is 4.86. The standard InChI is InChI=1S/C13H15NS/c1-14(2)10-11-5-7-12(8-6-11)13-4-3-9-15-13/h3-9H,10H2,1-2H3. The molecule has 0 aliphatic heterocycles. The van der Waals surface area contributed by atoms with Gasteiger partial charge in [0, 0.05) is 11.4 Å². The molecule has 0 saturated carbocycles. The van der Waals surface area contributed by atoms with Crippen LogP contribution in [0.5, 0.6) is 0 Å². The summed E-state index contributed by atoms with van der Waals surface area (Å²) in [6, 6.07) is 13.1. The van der Waals surface area contributed by atoms with E-state index < -0.39 is 0 Å². The van der Waals surface area contributed by atoms with E-state index >= 15 is 0 Å². The average Bonchev–Trinajstić information content (AvgIpc) is 2.71. The molecule has 0 radical (unpaired) electrons. The highest BCUT2D eigenvalue weighted by Gasteiger charge is 1.99. The summed E-state index contributed by atoms with van der Waals surface area (Å²) < 4.78 is 0. The van der Waals surface area contributed by atoms with E-state index in [4.69, 9.17) is 0 Å². The third-order valence-corrected chi connectivity index (χ3v) is 3.18. The summed E-state index contributed by atoms with van der Waals surface area (Å²) in [5.74, 6) is 0. The molecule has 15 heavy (non-hydrogen) atoms. The summed E-state index contributed by atoms with van der Waals surface area (Å²) in [5, 5.41) is 2.11. The minimum Gasteiger partial charge on any atom is -0.305 e. The Morgan fingerprint density at radius 1 is 1.07 bits per heavy atom. The number of rotatable bonds is 3. The fraction of sp³-hybridized carbons (Fsp3) is 0.231. The fourth-order valence-corrected chi connectivity index (χ4v) is 2.32. The lowest BCUT2D eigenvalue weighted by Crippen LogP contribution is -2.10. The van der Waals surface area contributed by atoms with E-state index in [1.807, 2.05) is 0 Å². The van der Waals surface area contributed by atoms with Crippen LogP contribution in [-0.2, 0) is 6.54 Å². The lowest BCUT2D eigenvalue weighted by Gasteiger charge is -2.09. The minimum atomic E-state index is 1.00.